The quantitative estimate of drug-likeness (QED) is 0.771. The van der Waals surface area contributed by atoms with E-state index < -0.39 is 0 Å². The molecule has 5 nitrogen and oxygen atoms in total. The number of nitrogens with zero attached hydrogens (tertiary/aromatic N) is 1. The topological polar surface area (TPSA) is 55.8 Å². The van der Waals surface area contributed by atoms with Crippen LogP contribution in [0.3, 0.4) is 0 Å². The minimum absolute atomic E-state index is 0.0646. The number of fused-ring (bicyclic) bond motifs is 3. The summed E-state index contributed by atoms with van der Waals surface area (Å²) in [6.07, 6.45) is 0.601. The van der Waals surface area contributed by atoms with Crippen molar-refractivity contribution >= 4 is 12.2 Å². The molecule has 0 bridgehead atoms. The first-order valence-corrected chi connectivity index (χ1v) is 6.79. The maximum Gasteiger partial charge on any atom is 0.229 e. The normalized spacial score (nSPS) is 37.5. The molecule has 2 heterocycles. The molecule has 0 radical (unpaired) electrons. The summed E-state index contributed by atoms with van der Waals surface area (Å²) in [5.41, 5.74) is 0.950. The Morgan fingerprint density at radius 3 is 2.75 bits per heavy atom. The van der Waals surface area contributed by atoms with Crippen molar-refractivity contribution in [3.63, 3.8) is 0 Å². The van der Waals surface area contributed by atoms with Crippen LogP contribution in [-0.2, 0) is 14.3 Å². The smallest absolute Gasteiger partial charge is 0.229 e. The minimum Gasteiger partial charge on any atom is -0.497 e. The van der Waals surface area contributed by atoms with Crippen molar-refractivity contribution in [2.75, 3.05) is 13.7 Å². The molecule has 104 valence electrons. The van der Waals surface area contributed by atoms with E-state index in [1.807, 2.05) is 29.2 Å². The number of hydrogen-bond donors (Lipinski definition) is 0. The summed E-state index contributed by atoms with van der Waals surface area (Å²) in [6, 6.07) is 7.62. The molecule has 1 aromatic carbocycles. The van der Waals surface area contributed by atoms with E-state index >= 15 is 0 Å². The van der Waals surface area contributed by atoms with Crippen LogP contribution in [0.4, 0.5) is 0 Å². The van der Waals surface area contributed by atoms with Crippen LogP contribution in [-0.4, -0.2) is 36.9 Å². The van der Waals surface area contributed by atoms with Crippen molar-refractivity contribution in [1.29, 1.82) is 0 Å². The molecule has 1 aromatic rings. The zero-order valence-electron chi connectivity index (χ0n) is 11.1. The third kappa shape index (κ3) is 1.41. The number of amides is 1. The predicted octanol–water partition coefficient (Wildman–Crippen LogP) is 0.996. The minimum atomic E-state index is -0.321. The van der Waals surface area contributed by atoms with Gasteiger partial charge >= 0.3 is 0 Å². The van der Waals surface area contributed by atoms with Crippen LogP contribution in [0.15, 0.2) is 24.3 Å². The number of rotatable bonds is 3. The van der Waals surface area contributed by atoms with Crippen LogP contribution in [0, 0.1) is 17.8 Å². The number of benzene rings is 1. The number of carbonyl (C=O) groups excluding carboxylic acids is 2. The van der Waals surface area contributed by atoms with Crippen LogP contribution in [0.5, 0.6) is 5.75 Å². The van der Waals surface area contributed by atoms with E-state index in [2.05, 4.69) is 0 Å². The van der Waals surface area contributed by atoms with E-state index in [-0.39, 0.29) is 35.9 Å². The Bertz CT molecular complexity index is 570. The number of aldehydes is 1. The molecule has 2 aliphatic heterocycles. The Kier molecular flexibility index (Phi) is 2.41. The van der Waals surface area contributed by atoms with Gasteiger partial charge in [0.25, 0.3) is 0 Å². The van der Waals surface area contributed by atoms with E-state index in [0.717, 1.165) is 17.6 Å². The van der Waals surface area contributed by atoms with E-state index in [4.69, 9.17) is 9.47 Å². The lowest BCUT2D eigenvalue weighted by molar-refractivity contribution is -0.138. The second kappa shape index (κ2) is 4.06. The summed E-state index contributed by atoms with van der Waals surface area (Å²) < 4.78 is 10.9. The highest BCUT2D eigenvalue weighted by Gasteiger charge is 2.69. The lowest BCUT2D eigenvalue weighted by Gasteiger charge is -2.25. The number of ether oxygens (including phenoxy) is 2. The van der Waals surface area contributed by atoms with Crippen molar-refractivity contribution in [2.45, 2.75) is 12.3 Å². The molecule has 0 unspecified atom stereocenters. The van der Waals surface area contributed by atoms with Gasteiger partial charge in [0.05, 0.1) is 25.7 Å². The van der Waals surface area contributed by atoms with Crippen molar-refractivity contribution in [2.24, 2.45) is 17.8 Å². The van der Waals surface area contributed by atoms with Crippen molar-refractivity contribution in [3.05, 3.63) is 29.8 Å². The Morgan fingerprint density at radius 1 is 1.35 bits per heavy atom. The molecule has 5 heteroatoms. The number of methoxy groups -OCH3 is 1. The number of carbonyl (C=O) groups is 2. The molecular weight excluding hydrogens is 258 g/mol. The van der Waals surface area contributed by atoms with Crippen LogP contribution >= 0.6 is 0 Å². The third-order valence-corrected chi connectivity index (χ3v) is 4.71. The summed E-state index contributed by atoms with van der Waals surface area (Å²) in [4.78, 5) is 25.1. The summed E-state index contributed by atoms with van der Waals surface area (Å²) in [5, 5.41) is 0. The van der Waals surface area contributed by atoms with Gasteiger partial charge < -0.3 is 19.2 Å². The molecule has 1 saturated carbocycles. The number of piperidine rings is 1. The molecule has 3 aliphatic rings. The van der Waals surface area contributed by atoms with Gasteiger partial charge in [-0.3, -0.25) is 4.79 Å². The van der Waals surface area contributed by atoms with Gasteiger partial charge in [-0.2, -0.15) is 0 Å². The molecule has 0 aromatic heterocycles. The summed E-state index contributed by atoms with van der Waals surface area (Å²) in [5.74, 6) is 0.836. The molecule has 5 atom stereocenters. The second-order valence-electron chi connectivity index (χ2n) is 5.59. The maximum absolute atomic E-state index is 12.4. The molecule has 1 amide bonds. The molecule has 4 rings (SSSR count). The average Bonchev–Trinajstić information content (AvgIpc) is 2.93. The SMILES string of the molecule is COc1ccc([C@H]2OC[C@@H]3[C@H]4[C@H](C=O)[C@H]4C(=O)N23)cc1. The van der Waals surface area contributed by atoms with E-state index in [1.165, 1.54) is 0 Å². The highest BCUT2D eigenvalue weighted by atomic mass is 16.5. The van der Waals surface area contributed by atoms with Gasteiger partial charge in [-0.25, -0.2) is 0 Å². The standard InChI is InChI=1S/C15H15NO4/c1-19-9-4-2-8(3-5-9)15-16-11(7-20-15)12-10(6-17)13(12)14(16)18/h2-6,10-13,15H,7H2,1H3/t10-,11+,12+,13+,15+/m0/s1. The zero-order valence-corrected chi connectivity index (χ0v) is 11.1. The lowest BCUT2D eigenvalue weighted by atomic mass is 10.1. The van der Waals surface area contributed by atoms with Gasteiger partial charge in [0.15, 0.2) is 6.23 Å². The Balaban J connectivity index is 1.60. The van der Waals surface area contributed by atoms with Gasteiger partial charge in [0.1, 0.15) is 12.0 Å². The maximum atomic E-state index is 12.4. The third-order valence-electron chi connectivity index (χ3n) is 4.71. The second-order valence-corrected chi connectivity index (χ2v) is 5.59. The Morgan fingerprint density at radius 2 is 2.10 bits per heavy atom. The van der Waals surface area contributed by atoms with Gasteiger partial charge in [-0.15, -0.1) is 0 Å². The van der Waals surface area contributed by atoms with Crippen LogP contribution < -0.4 is 4.74 Å². The van der Waals surface area contributed by atoms with Gasteiger partial charge in [0.2, 0.25) is 5.91 Å². The van der Waals surface area contributed by atoms with Gasteiger partial charge in [-0.1, -0.05) is 12.1 Å². The highest BCUT2D eigenvalue weighted by molar-refractivity contribution is 5.91. The van der Waals surface area contributed by atoms with E-state index in [1.54, 1.807) is 7.11 Å². The predicted molar refractivity (Wildman–Crippen MR) is 68.9 cm³/mol. The molecule has 2 saturated heterocycles. The summed E-state index contributed by atoms with van der Waals surface area (Å²) in [6.45, 7) is 0.522. The molecule has 20 heavy (non-hydrogen) atoms. The van der Waals surface area contributed by atoms with Crippen LogP contribution in [0.25, 0.3) is 0 Å². The van der Waals surface area contributed by atoms with Gasteiger partial charge in [-0.05, 0) is 12.1 Å². The first-order valence-electron chi connectivity index (χ1n) is 6.79. The average molecular weight is 273 g/mol. The molecule has 1 aliphatic carbocycles. The van der Waals surface area contributed by atoms with Crippen LogP contribution in [0.2, 0.25) is 0 Å². The zero-order chi connectivity index (χ0) is 13.9. The molecule has 0 spiro atoms. The molecule has 0 N–H and O–H groups in total. The summed E-state index contributed by atoms with van der Waals surface area (Å²) in [7, 11) is 1.62. The number of hydrogen-bond acceptors (Lipinski definition) is 4. The molecular formula is C15H15NO4. The Labute approximate surface area is 116 Å². The highest BCUT2D eigenvalue weighted by Crippen LogP contribution is 2.59. The fraction of sp³-hybridized carbons (Fsp3) is 0.467. The monoisotopic (exact) mass is 273 g/mol. The van der Waals surface area contributed by atoms with E-state index in [0.29, 0.717) is 6.61 Å². The van der Waals surface area contributed by atoms with Crippen molar-refractivity contribution < 1.29 is 19.1 Å². The van der Waals surface area contributed by atoms with Crippen molar-refractivity contribution in [1.82, 2.24) is 4.90 Å². The fourth-order valence-electron chi connectivity index (χ4n) is 3.66. The fourth-order valence-corrected chi connectivity index (χ4v) is 3.66. The first kappa shape index (κ1) is 11.9. The Hall–Kier alpha value is -1.88. The first-order chi connectivity index (χ1) is 9.76. The van der Waals surface area contributed by atoms with E-state index in [9.17, 15) is 9.59 Å². The van der Waals surface area contributed by atoms with Crippen LogP contribution in [0.1, 0.15) is 11.8 Å². The largest absolute Gasteiger partial charge is 0.497 e. The molecule has 3 fully saturated rings. The lowest BCUT2D eigenvalue weighted by Crippen LogP contribution is -2.36. The summed E-state index contributed by atoms with van der Waals surface area (Å²) >= 11 is 0. The van der Waals surface area contributed by atoms with Crippen molar-refractivity contribution in [3.8, 4) is 5.75 Å². The van der Waals surface area contributed by atoms with Gasteiger partial charge in [0, 0.05) is 17.4 Å².